The molecule has 2 N–H and O–H groups in total. The van der Waals surface area contributed by atoms with Crippen LogP contribution in [0.1, 0.15) is 18.4 Å². The van der Waals surface area contributed by atoms with Crippen LogP contribution in [-0.4, -0.2) is 44.5 Å². The lowest BCUT2D eigenvalue weighted by molar-refractivity contribution is -0.116. The number of nitrogen functional groups attached to an aromatic ring is 1. The summed E-state index contributed by atoms with van der Waals surface area (Å²) in [6.45, 7) is 0.955. The fraction of sp³-hybridized carbons (Fsp3) is 0.471. The quantitative estimate of drug-likeness (QED) is 0.862. The number of benzene rings is 1. The summed E-state index contributed by atoms with van der Waals surface area (Å²) < 4.78 is 10.8. The number of nitrogens with zero attached hydrogens (tertiary/aromatic N) is 1. The molecule has 0 unspecified atom stereocenters. The van der Waals surface area contributed by atoms with Crippen molar-refractivity contribution in [2.45, 2.75) is 24.3 Å². The number of hydrogen-bond donors (Lipinski definition) is 1. The molecule has 3 rings (SSSR count). The van der Waals surface area contributed by atoms with Crippen molar-refractivity contribution in [3.8, 4) is 11.5 Å². The predicted octanol–water partition coefficient (Wildman–Crippen LogP) is 1.76. The van der Waals surface area contributed by atoms with Gasteiger partial charge in [0.05, 0.1) is 19.9 Å². The number of nitrogens with two attached hydrogens (primary N) is 1. The molecule has 1 aromatic carbocycles. The van der Waals surface area contributed by atoms with Gasteiger partial charge in [-0.25, -0.2) is 0 Å². The highest BCUT2D eigenvalue weighted by atomic mass is 16.5. The molecule has 1 saturated heterocycles. The van der Waals surface area contributed by atoms with Crippen LogP contribution in [0.2, 0.25) is 0 Å². The van der Waals surface area contributed by atoms with Gasteiger partial charge in [-0.2, -0.15) is 0 Å². The maximum atomic E-state index is 11.8. The summed E-state index contributed by atoms with van der Waals surface area (Å²) in [6, 6.07) is 4.11. The number of ether oxygens (including phenoxy) is 2. The molecule has 1 fully saturated rings. The number of rotatable bonds is 3. The first-order chi connectivity index (χ1) is 10.5. The number of fused-ring (bicyclic) bond motifs is 1. The third kappa shape index (κ3) is 2.08. The average molecular weight is 302 g/mol. The van der Waals surface area contributed by atoms with Crippen molar-refractivity contribution in [1.29, 1.82) is 0 Å². The summed E-state index contributed by atoms with van der Waals surface area (Å²) in [5.74, 6) is 1.37. The molecule has 2 aliphatic rings. The number of carbonyl (C=O) groups is 1. The summed E-state index contributed by atoms with van der Waals surface area (Å²) in [7, 11) is 5.26. The number of carbonyl (C=O) groups excluding carboxylic acids is 1. The van der Waals surface area contributed by atoms with E-state index in [9.17, 15) is 4.79 Å². The minimum Gasteiger partial charge on any atom is -0.493 e. The van der Waals surface area contributed by atoms with Crippen LogP contribution in [0.3, 0.4) is 0 Å². The Kier molecular flexibility index (Phi) is 3.60. The van der Waals surface area contributed by atoms with Gasteiger partial charge in [0.25, 0.3) is 0 Å². The summed E-state index contributed by atoms with van der Waals surface area (Å²) in [5.41, 5.74) is 7.61. The number of methoxy groups -OCH3 is 2. The van der Waals surface area contributed by atoms with Crippen molar-refractivity contribution in [3.63, 3.8) is 0 Å². The predicted molar refractivity (Wildman–Crippen MR) is 85.4 cm³/mol. The van der Waals surface area contributed by atoms with Gasteiger partial charge in [0.1, 0.15) is 0 Å². The normalized spacial score (nSPS) is 27.8. The van der Waals surface area contributed by atoms with Crippen LogP contribution in [0.4, 0.5) is 5.69 Å². The van der Waals surface area contributed by atoms with E-state index in [0.717, 1.165) is 18.5 Å². The van der Waals surface area contributed by atoms with Crippen molar-refractivity contribution in [2.75, 3.05) is 33.5 Å². The first-order valence-corrected chi connectivity index (χ1v) is 7.46. The maximum Gasteiger partial charge on any atom is 0.183 e. The molecule has 0 aromatic heterocycles. The number of likely N-dealkylation sites (tertiary alicyclic amines) is 1. The molecular weight excluding hydrogens is 280 g/mol. The second-order valence-electron chi connectivity index (χ2n) is 6.09. The van der Waals surface area contributed by atoms with E-state index in [1.54, 1.807) is 20.3 Å². The molecule has 0 bridgehead atoms. The maximum absolute atomic E-state index is 11.8. The largest absolute Gasteiger partial charge is 0.493 e. The van der Waals surface area contributed by atoms with Gasteiger partial charge in [-0.15, -0.1) is 0 Å². The Morgan fingerprint density at radius 3 is 2.77 bits per heavy atom. The Morgan fingerprint density at radius 2 is 2.09 bits per heavy atom. The van der Waals surface area contributed by atoms with E-state index in [2.05, 4.69) is 11.9 Å². The lowest BCUT2D eigenvalue weighted by atomic mass is 9.69. The van der Waals surface area contributed by atoms with Crippen molar-refractivity contribution in [2.24, 2.45) is 0 Å². The summed E-state index contributed by atoms with van der Waals surface area (Å²) in [4.78, 5) is 14.1. The molecule has 0 spiro atoms. The monoisotopic (exact) mass is 302 g/mol. The molecule has 2 atom stereocenters. The third-order valence-corrected chi connectivity index (χ3v) is 5.01. The van der Waals surface area contributed by atoms with Gasteiger partial charge < -0.3 is 20.1 Å². The van der Waals surface area contributed by atoms with Crippen molar-refractivity contribution < 1.29 is 14.3 Å². The third-order valence-electron chi connectivity index (χ3n) is 5.01. The van der Waals surface area contributed by atoms with E-state index in [0.29, 0.717) is 23.6 Å². The summed E-state index contributed by atoms with van der Waals surface area (Å²) in [5, 5.41) is 0. The molecule has 118 valence electrons. The second kappa shape index (κ2) is 5.32. The topological polar surface area (TPSA) is 64.8 Å². The summed E-state index contributed by atoms with van der Waals surface area (Å²) >= 11 is 0. The molecule has 1 aliphatic carbocycles. The van der Waals surface area contributed by atoms with Crippen molar-refractivity contribution in [1.82, 2.24) is 4.90 Å². The second-order valence-corrected chi connectivity index (χ2v) is 6.09. The number of anilines is 1. The number of ketones is 1. The van der Waals surface area contributed by atoms with Crippen LogP contribution >= 0.6 is 0 Å². The van der Waals surface area contributed by atoms with Crippen LogP contribution in [0.5, 0.6) is 11.5 Å². The van der Waals surface area contributed by atoms with Gasteiger partial charge in [-0.05, 0) is 43.8 Å². The highest BCUT2D eigenvalue weighted by Gasteiger charge is 2.48. The van der Waals surface area contributed by atoms with Crippen molar-refractivity contribution in [3.05, 3.63) is 29.8 Å². The van der Waals surface area contributed by atoms with Crippen molar-refractivity contribution >= 4 is 11.5 Å². The number of hydrogen-bond acceptors (Lipinski definition) is 5. The van der Waals surface area contributed by atoms with Gasteiger partial charge in [0.2, 0.25) is 0 Å². The lowest BCUT2D eigenvalue weighted by Crippen LogP contribution is -2.43. The van der Waals surface area contributed by atoms with Gasteiger partial charge >= 0.3 is 0 Å². The molecule has 5 nitrogen and oxygen atoms in total. The Balaban J connectivity index is 2.15. The fourth-order valence-electron chi connectivity index (χ4n) is 3.81. The van der Waals surface area contributed by atoms with E-state index in [1.807, 2.05) is 18.2 Å². The van der Waals surface area contributed by atoms with E-state index < -0.39 is 0 Å². The van der Waals surface area contributed by atoms with Crippen LogP contribution in [0, 0.1) is 0 Å². The van der Waals surface area contributed by atoms with E-state index in [-0.39, 0.29) is 17.2 Å². The average Bonchev–Trinajstić information content (AvgIpc) is 2.84. The molecule has 1 aromatic rings. The summed E-state index contributed by atoms with van der Waals surface area (Å²) in [6.07, 6.45) is 5.27. The first kappa shape index (κ1) is 14.9. The highest BCUT2D eigenvalue weighted by molar-refractivity contribution is 5.92. The van der Waals surface area contributed by atoms with E-state index in [1.165, 1.54) is 0 Å². The zero-order valence-electron chi connectivity index (χ0n) is 13.3. The molecule has 22 heavy (non-hydrogen) atoms. The van der Waals surface area contributed by atoms with E-state index in [4.69, 9.17) is 15.2 Å². The smallest absolute Gasteiger partial charge is 0.183 e. The molecular formula is C17H22N2O3. The molecule has 5 heteroatoms. The minimum absolute atomic E-state index is 0.169. The Bertz CT molecular complexity index is 641. The van der Waals surface area contributed by atoms with Gasteiger partial charge in [-0.3, -0.25) is 4.79 Å². The Morgan fingerprint density at radius 1 is 1.32 bits per heavy atom. The molecule has 0 radical (unpaired) electrons. The zero-order valence-corrected chi connectivity index (χ0v) is 13.3. The number of likely N-dealkylation sites (N-methyl/N-ethyl adjacent to an activating group) is 1. The molecule has 0 amide bonds. The van der Waals surface area contributed by atoms with Gasteiger partial charge in [-0.1, -0.05) is 6.08 Å². The van der Waals surface area contributed by atoms with E-state index >= 15 is 0 Å². The first-order valence-electron chi connectivity index (χ1n) is 7.46. The molecule has 0 saturated carbocycles. The van der Waals surface area contributed by atoms with Crippen LogP contribution < -0.4 is 15.2 Å². The fourth-order valence-corrected chi connectivity index (χ4v) is 3.81. The SMILES string of the molecule is COc1cc([C@@]23C=CC(=O)C[C@@H]2N(C)CC3)cc(N)c1OC. The molecule has 1 aliphatic heterocycles. The van der Waals surface area contributed by atoms with Gasteiger partial charge in [0, 0.05) is 17.9 Å². The van der Waals surface area contributed by atoms with Crippen LogP contribution in [0.15, 0.2) is 24.3 Å². The Labute approximate surface area is 130 Å². The van der Waals surface area contributed by atoms with Crippen LogP contribution in [0.25, 0.3) is 0 Å². The highest BCUT2D eigenvalue weighted by Crippen LogP contribution is 2.47. The molecule has 1 heterocycles. The van der Waals surface area contributed by atoms with Crippen LogP contribution in [-0.2, 0) is 10.2 Å². The lowest BCUT2D eigenvalue weighted by Gasteiger charge is -2.37. The number of allylic oxidation sites excluding steroid dienone is 1. The minimum atomic E-state index is -0.184. The Hall–Kier alpha value is -2.01. The zero-order chi connectivity index (χ0) is 15.9. The van der Waals surface area contributed by atoms with Gasteiger partial charge in [0.15, 0.2) is 17.3 Å². The standard InChI is InChI=1S/C17H22N2O3/c1-19-7-6-17(5-4-12(20)10-15(17)19)11-8-13(18)16(22-3)14(9-11)21-2/h4-5,8-9,15H,6-7,10,18H2,1-3H3/t15-,17-/m0/s1.